The van der Waals surface area contributed by atoms with Crippen LogP contribution in [0.25, 0.3) is 21.3 Å². The van der Waals surface area contributed by atoms with Gasteiger partial charge in [0.15, 0.2) is 11.9 Å². The summed E-state index contributed by atoms with van der Waals surface area (Å²) in [7, 11) is 1.63. The van der Waals surface area contributed by atoms with Crippen LogP contribution in [-0.4, -0.2) is 34.4 Å². The smallest absolute Gasteiger partial charge is 0.267 e. The lowest BCUT2D eigenvalue weighted by molar-refractivity contribution is -0.125. The van der Waals surface area contributed by atoms with Crippen molar-refractivity contribution in [1.29, 1.82) is 0 Å². The zero-order valence-corrected chi connectivity index (χ0v) is 18.6. The van der Waals surface area contributed by atoms with Crippen LogP contribution in [0.5, 0.6) is 5.75 Å². The molecule has 0 radical (unpaired) electrons. The molecule has 166 valence electrons. The fourth-order valence-electron chi connectivity index (χ4n) is 3.85. The Hall–Kier alpha value is -3.85. The fourth-order valence-corrected chi connectivity index (χ4v) is 4.76. The van der Waals surface area contributed by atoms with E-state index in [4.69, 9.17) is 4.74 Å². The maximum Gasteiger partial charge on any atom is 0.267 e. The highest BCUT2D eigenvalue weighted by Gasteiger charge is 2.29. The van der Waals surface area contributed by atoms with Crippen LogP contribution in [0.4, 0.5) is 10.1 Å². The number of carbonyl (C=O) groups excluding carboxylic acids is 2. The minimum Gasteiger partial charge on any atom is -0.479 e. The number of ketones is 1. The van der Waals surface area contributed by atoms with E-state index in [1.54, 1.807) is 49.7 Å². The molecule has 0 fully saturated rings. The van der Waals surface area contributed by atoms with Gasteiger partial charge in [0.2, 0.25) is 0 Å². The summed E-state index contributed by atoms with van der Waals surface area (Å²) < 4.78 is 20.2. The molecule has 9 heteroatoms. The van der Waals surface area contributed by atoms with E-state index in [0.29, 0.717) is 38.3 Å². The second kappa shape index (κ2) is 7.93. The standard InChI is InChI=1S/C24H18FN3O4S/c1-13-23(30)27(2)18-9-15(5-8-20(18)32-13)19(29)10-28-12-26-22-21(24(28)31)17(11-33-22)14-3-6-16(25)7-4-14/h3-9,11-13H,10H2,1-2H3. The normalized spacial score (nSPS) is 15.4. The molecule has 1 aliphatic rings. The summed E-state index contributed by atoms with van der Waals surface area (Å²) in [6, 6.07) is 10.7. The summed E-state index contributed by atoms with van der Waals surface area (Å²) in [4.78, 5) is 44.8. The topological polar surface area (TPSA) is 81.5 Å². The lowest BCUT2D eigenvalue weighted by Gasteiger charge is -2.30. The van der Waals surface area contributed by atoms with Crippen LogP contribution in [-0.2, 0) is 11.3 Å². The number of hydrogen-bond acceptors (Lipinski definition) is 6. The van der Waals surface area contributed by atoms with E-state index in [-0.39, 0.29) is 29.6 Å². The first-order valence-electron chi connectivity index (χ1n) is 10.2. The fraction of sp³-hybridized carbons (Fsp3) is 0.167. The summed E-state index contributed by atoms with van der Waals surface area (Å²) >= 11 is 1.31. The van der Waals surface area contributed by atoms with Gasteiger partial charge in [-0.2, -0.15) is 0 Å². The molecule has 33 heavy (non-hydrogen) atoms. The van der Waals surface area contributed by atoms with Gasteiger partial charge in [0.05, 0.1) is 23.9 Å². The third-order valence-corrected chi connectivity index (χ3v) is 6.54. The number of amides is 1. The molecule has 1 aliphatic heterocycles. The molecule has 1 unspecified atom stereocenters. The monoisotopic (exact) mass is 463 g/mol. The second-order valence-corrected chi connectivity index (χ2v) is 8.64. The number of rotatable bonds is 4. The van der Waals surface area contributed by atoms with Crippen LogP contribution >= 0.6 is 11.3 Å². The van der Waals surface area contributed by atoms with Gasteiger partial charge in [-0.1, -0.05) is 12.1 Å². The van der Waals surface area contributed by atoms with Crippen molar-refractivity contribution in [3.8, 4) is 16.9 Å². The Balaban J connectivity index is 1.49. The van der Waals surface area contributed by atoms with Gasteiger partial charge in [-0.3, -0.25) is 19.0 Å². The highest BCUT2D eigenvalue weighted by molar-refractivity contribution is 7.17. The predicted molar refractivity (Wildman–Crippen MR) is 124 cm³/mol. The van der Waals surface area contributed by atoms with Gasteiger partial charge in [-0.05, 0) is 42.8 Å². The van der Waals surface area contributed by atoms with Gasteiger partial charge in [0.1, 0.15) is 16.4 Å². The molecule has 0 spiro atoms. The lowest BCUT2D eigenvalue weighted by Crippen LogP contribution is -2.42. The zero-order valence-electron chi connectivity index (χ0n) is 17.7. The number of aromatic nitrogens is 2. The van der Waals surface area contributed by atoms with Gasteiger partial charge >= 0.3 is 0 Å². The zero-order chi connectivity index (χ0) is 23.3. The highest BCUT2D eigenvalue weighted by Crippen LogP contribution is 2.34. The number of Topliss-reactive ketones (excluding diaryl/α,β-unsaturated/α-hetero) is 1. The van der Waals surface area contributed by atoms with E-state index in [9.17, 15) is 18.8 Å². The minimum atomic E-state index is -0.596. The summed E-state index contributed by atoms with van der Waals surface area (Å²) in [5.74, 6) is -0.358. The summed E-state index contributed by atoms with van der Waals surface area (Å²) in [5, 5.41) is 2.19. The van der Waals surface area contributed by atoms with E-state index in [2.05, 4.69) is 4.98 Å². The second-order valence-electron chi connectivity index (χ2n) is 7.78. The van der Waals surface area contributed by atoms with E-state index < -0.39 is 6.10 Å². The van der Waals surface area contributed by atoms with Crippen molar-refractivity contribution in [2.75, 3.05) is 11.9 Å². The molecule has 2 aromatic heterocycles. The van der Waals surface area contributed by atoms with Crippen molar-refractivity contribution in [2.45, 2.75) is 19.6 Å². The molecule has 0 saturated carbocycles. The molecular formula is C24H18FN3O4S. The lowest BCUT2D eigenvalue weighted by atomic mass is 10.1. The number of benzene rings is 2. The van der Waals surface area contributed by atoms with Crippen LogP contribution in [0.1, 0.15) is 17.3 Å². The number of halogens is 1. The Bertz CT molecular complexity index is 1480. The first-order valence-corrected chi connectivity index (χ1v) is 11.1. The average molecular weight is 463 g/mol. The Morgan fingerprint density at radius 2 is 1.94 bits per heavy atom. The molecule has 4 aromatic rings. The van der Waals surface area contributed by atoms with E-state index in [1.165, 1.54) is 39.3 Å². The first kappa shape index (κ1) is 21.0. The largest absolute Gasteiger partial charge is 0.479 e. The van der Waals surface area contributed by atoms with E-state index >= 15 is 0 Å². The number of carbonyl (C=O) groups is 2. The number of likely N-dealkylation sites (N-methyl/N-ethyl adjacent to an activating group) is 1. The molecular weight excluding hydrogens is 445 g/mol. The number of fused-ring (bicyclic) bond motifs is 2. The summed E-state index contributed by atoms with van der Waals surface area (Å²) in [6.07, 6.45) is 0.758. The third kappa shape index (κ3) is 3.60. The SMILES string of the molecule is CC1Oc2ccc(C(=O)Cn3cnc4scc(-c5ccc(F)cc5)c4c3=O)cc2N(C)C1=O. The average Bonchev–Trinajstić information content (AvgIpc) is 3.24. The first-order chi connectivity index (χ1) is 15.8. The Morgan fingerprint density at radius 1 is 1.18 bits per heavy atom. The number of nitrogens with zero attached hydrogens (tertiary/aromatic N) is 3. The van der Waals surface area contributed by atoms with Crippen molar-refractivity contribution in [3.05, 3.63) is 75.9 Å². The quantitative estimate of drug-likeness (QED) is 0.429. The summed E-state index contributed by atoms with van der Waals surface area (Å²) in [6.45, 7) is 1.45. The number of ether oxygens (including phenoxy) is 1. The van der Waals surface area contributed by atoms with Crippen molar-refractivity contribution in [2.24, 2.45) is 0 Å². The van der Waals surface area contributed by atoms with Crippen molar-refractivity contribution >= 4 is 38.9 Å². The van der Waals surface area contributed by atoms with Crippen molar-refractivity contribution in [1.82, 2.24) is 9.55 Å². The summed E-state index contributed by atoms with van der Waals surface area (Å²) in [5.41, 5.74) is 1.84. The minimum absolute atomic E-state index is 0.205. The molecule has 1 amide bonds. The molecule has 2 aromatic carbocycles. The number of anilines is 1. The van der Waals surface area contributed by atoms with Crippen LogP contribution in [0.3, 0.4) is 0 Å². The molecule has 5 rings (SSSR count). The molecule has 1 atom stereocenters. The van der Waals surface area contributed by atoms with Gasteiger partial charge < -0.3 is 9.64 Å². The van der Waals surface area contributed by atoms with Crippen molar-refractivity contribution < 1.29 is 18.7 Å². The van der Waals surface area contributed by atoms with Crippen molar-refractivity contribution in [3.63, 3.8) is 0 Å². The molecule has 3 heterocycles. The molecule has 0 saturated heterocycles. The van der Waals surface area contributed by atoms with Gasteiger partial charge in [0.25, 0.3) is 11.5 Å². The van der Waals surface area contributed by atoms with Crippen LogP contribution < -0.4 is 15.2 Å². The Kier molecular flexibility index (Phi) is 5.05. The Morgan fingerprint density at radius 3 is 2.70 bits per heavy atom. The third-order valence-electron chi connectivity index (χ3n) is 5.65. The highest BCUT2D eigenvalue weighted by atomic mass is 32.1. The number of hydrogen-bond donors (Lipinski definition) is 0. The maximum atomic E-state index is 13.3. The van der Waals surface area contributed by atoms with E-state index in [0.717, 1.165) is 0 Å². The van der Waals surface area contributed by atoms with Crippen LogP contribution in [0.2, 0.25) is 0 Å². The van der Waals surface area contributed by atoms with Gasteiger partial charge in [-0.15, -0.1) is 11.3 Å². The van der Waals surface area contributed by atoms with E-state index in [1.807, 2.05) is 0 Å². The van der Waals surface area contributed by atoms with Gasteiger partial charge in [0, 0.05) is 23.6 Å². The molecule has 0 aliphatic carbocycles. The maximum absolute atomic E-state index is 13.3. The molecule has 7 nitrogen and oxygen atoms in total. The number of thiophene rings is 1. The van der Waals surface area contributed by atoms with Crippen LogP contribution in [0, 0.1) is 5.82 Å². The Labute approximate surface area is 191 Å². The molecule has 0 bridgehead atoms. The predicted octanol–water partition coefficient (Wildman–Crippen LogP) is 3.89. The molecule has 0 N–H and O–H groups in total. The van der Waals surface area contributed by atoms with Gasteiger partial charge in [-0.25, -0.2) is 9.37 Å². The van der Waals surface area contributed by atoms with Crippen LogP contribution in [0.15, 0.2) is 59.0 Å².